The molecule has 3 heterocycles. The van der Waals surface area contributed by atoms with Gasteiger partial charge < -0.3 is 25.3 Å². The quantitative estimate of drug-likeness (QED) is 0.470. The second-order valence-corrected chi connectivity index (χ2v) is 11.6. The normalized spacial score (nSPS) is 25.1. The van der Waals surface area contributed by atoms with E-state index in [0.717, 1.165) is 10.9 Å². The van der Waals surface area contributed by atoms with Crippen LogP contribution in [0.1, 0.15) is 31.7 Å². The van der Waals surface area contributed by atoms with Crippen LogP contribution in [-0.2, 0) is 24.3 Å². The number of sulfonamides is 1. The van der Waals surface area contributed by atoms with Crippen LogP contribution in [0.5, 0.6) is 0 Å². The third kappa shape index (κ3) is 4.74. The van der Waals surface area contributed by atoms with Crippen molar-refractivity contribution < 1.29 is 27.1 Å². The van der Waals surface area contributed by atoms with Crippen LogP contribution in [0.4, 0.5) is 4.39 Å². The lowest BCUT2D eigenvalue weighted by Crippen LogP contribution is -2.58. The first-order valence-corrected chi connectivity index (χ1v) is 13.9. The molecule has 2 aliphatic heterocycles. The summed E-state index contributed by atoms with van der Waals surface area (Å²) in [6.07, 6.45) is 2.82. The lowest BCUT2D eigenvalue weighted by Gasteiger charge is -2.34. The Kier molecular flexibility index (Phi) is 7.42. The van der Waals surface area contributed by atoms with Gasteiger partial charge in [0.1, 0.15) is 11.9 Å². The summed E-state index contributed by atoms with van der Waals surface area (Å²) in [5.74, 6) is -1.37. The van der Waals surface area contributed by atoms with Crippen LogP contribution >= 0.6 is 0 Å². The van der Waals surface area contributed by atoms with Gasteiger partial charge in [-0.25, -0.2) is 12.8 Å². The van der Waals surface area contributed by atoms with E-state index in [4.69, 9.17) is 4.74 Å². The van der Waals surface area contributed by atoms with E-state index in [0.29, 0.717) is 18.5 Å². The Hall–Kier alpha value is -2.54. The number of nitrogens with zero attached hydrogens (tertiary/aromatic N) is 2. The van der Waals surface area contributed by atoms with Gasteiger partial charge in [0, 0.05) is 49.3 Å². The fourth-order valence-electron chi connectivity index (χ4n) is 5.49. The lowest BCUT2D eigenvalue weighted by molar-refractivity contribution is -0.141. The van der Waals surface area contributed by atoms with Crippen LogP contribution in [0, 0.1) is 5.82 Å². The summed E-state index contributed by atoms with van der Waals surface area (Å²) in [5.41, 5.74) is 1.43. The Labute approximate surface area is 210 Å². The van der Waals surface area contributed by atoms with Gasteiger partial charge in [0.05, 0.1) is 24.4 Å². The number of likely N-dealkylation sites (N-methyl/N-ethyl adjacent to an activating group) is 1. The van der Waals surface area contributed by atoms with Gasteiger partial charge in [0.25, 0.3) is 0 Å². The molecule has 4 rings (SSSR count). The minimum absolute atomic E-state index is 0.204. The second kappa shape index (κ2) is 10.1. The Morgan fingerprint density at radius 3 is 2.64 bits per heavy atom. The molecule has 0 radical (unpaired) electrons. The molecule has 10 nitrogen and oxygen atoms in total. The molecule has 2 amide bonds. The molecule has 2 fully saturated rings. The zero-order valence-corrected chi connectivity index (χ0v) is 21.9. The zero-order valence-electron chi connectivity index (χ0n) is 21.1. The van der Waals surface area contributed by atoms with Crippen LogP contribution < -0.4 is 10.6 Å². The number of likely N-dealkylation sites (tertiary alicyclic amines) is 1. The van der Waals surface area contributed by atoms with Crippen LogP contribution in [0.25, 0.3) is 10.9 Å². The predicted molar refractivity (Wildman–Crippen MR) is 133 cm³/mol. The van der Waals surface area contributed by atoms with Crippen molar-refractivity contribution in [1.82, 2.24) is 24.8 Å². The van der Waals surface area contributed by atoms with Gasteiger partial charge in [-0.1, -0.05) is 0 Å². The summed E-state index contributed by atoms with van der Waals surface area (Å²) in [7, 11) is -0.415. The van der Waals surface area contributed by atoms with E-state index in [-0.39, 0.29) is 30.1 Å². The Balaban J connectivity index is 1.72. The zero-order chi connectivity index (χ0) is 26.4. The molecule has 3 N–H and O–H groups in total. The number of hydrogen-bond acceptors (Lipinski definition) is 6. The molecule has 0 bridgehead atoms. The summed E-state index contributed by atoms with van der Waals surface area (Å²) in [6.45, 7) is 3.95. The highest BCUT2D eigenvalue weighted by Crippen LogP contribution is 2.44. The van der Waals surface area contributed by atoms with Crippen LogP contribution in [-0.4, -0.2) is 98.2 Å². The number of ether oxygens (including phenoxy) is 1. The highest BCUT2D eigenvalue weighted by molar-refractivity contribution is 7.88. The average molecular weight is 524 g/mol. The number of fused-ring (bicyclic) bond motifs is 2. The van der Waals surface area contributed by atoms with E-state index in [1.165, 1.54) is 29.8 Å². The first kappa shape index (κ1) is 26.5. The molecule has 2 aliphatic rings. The van der Waals surface area contributed by atoms with E-state index in [2.05, 4.69) is 15.6 Å². The Morgan fingerprint density at radius 1 is 1.28 bits per heavy atom. The molecule has 1 aromatic heterocycles. The number of hydrogen-bond donors (Lipinski definition) is 3. The van der Waals surface area contributed by atoms with Crippen molar-refractivity contribution in [3.05, 3.63) is 35.8 Å². The molecule has 0 spiro atoms. The van der Waals surface area contributed by atoms with Crippen molar-refractivity contribution in [2.45, 2.75) is 56.5 Å². The van der Waals surface area contributed by atoms with E-state index in [1.807, 2.05) is 0 Å². The van der Waals surface area contributed by atoms with Gasteiger partial charge in [-0.15, -0.1) is 0 Å². The van der Waals surface area contributed by atoms with Gasteiger partial charge in [0.2, 0.25) is 21.8 Å². The van der Waals surface area contributed by atoms with Crippen molar-refractivity contribution >= 4 is 32.7 Å². The maximum atomic E-state index is 13.9. The minimum atomic E-state index is -3.54. The van der Waals surface area contributed by atoms with Crippen LogP contribution in [0.15, 0.2) is 24.4 Å². The van der Waals surface area contributed by atoms with Crippen LogP contribution in [0.2, 0.25) is 0 Å². The number of methoxy groups -OCH3 is 1. The summed E-state index contributed by atoms with van der Waals surface area (Å²) in [6, 6.07) is 2.14. The van der Waals surface area contributed by atoms with Crippen LogP contribution in [0.3, 0.4) is 0 Å². The molecular weight excluding hydrogens is 489 g/mol. The molecule has 0 unspecified atom stereocenters. The molecular formula is C24H34FN5O5S. The van der Waals surface area contributed by atoms with Crippen molar-refractivity contribution in [3.63, 3.8) is 0 Å². The Bertz CT molecular complexity index is 1250. The third-order valence-corrected chi connectivity index (χ3v) is 8.87. The highest BCUT2D eigenvalue weighted by atomic mass is 32.2. The highest BCUT2D eigenvalue weighted by Gasteiger charge is 2.54. The van der Waals surface area contributed by atoms with E-state index in [9.17, 15) is 22.4 Å². The van der Waals surface area contributed by atoms with Gasteiger partial charge in [-0.3, -0.25) is 9.59 Å². The first-order chi connectivity index (χ1) is 17.0. The molecule has 36 heavy (non-hydrogen) atoms. The average Bonchev–Trinajstić information content (AvgIpc) is 3.54. The van der Waals surface area contributed by atoms with E-state index < -0.39 is 40.3 Å². The molecule has 1 aromatic carbocycles. The molecule has 198 valence electrons. The SMILES string of the molecule is CN[C@@H](C)C(=O)N[C@H](C(=O)N1CC[C@@H]2[C@H]1[C@@H](c1c[nH]c3cc(F)ccc13)CN2S(C)(=O)=O)[C@@H](C)OC. The largest absolute Gasteiger partial charge is 0.379 e. The van der Waals surface area contributed by atoms with E-state index in [1.54, 1.807) is 38.1 Å². The van der Waals surface area contributed by atoms with Crippen molar-refractivity contribution in [1.29, 1.82) is 0 Å². The summed E-state index contributed by atoms with van der Waals surface area (Å²) < 4.78 is 46.1. The maximum Gasteiger partial charge on any atom is 0.248 e. The molecule has 2 saturated heterocycles. The summed E-state index contributed by atoms with van der Waals surface area (Å²) >= 11 is 0. The number of benzene rings is 1. The third-order valence-electron chi connectivity index (χ3n) is 7.59. The number of aromatic amines is 1. The van der Waals surface area contributed by atoms with Gasteiger partial charge in [-0.05, 0) is 51.1 Å². The first-order valence-electron chi connectivity index (χ1n) is 12.0. The van der Waals surface area contributed by atoms with Gasteiger partial charge >= 0.3 is 0 Å². The van der Waals surface area contributed by atoms with Gasteiger partial charge in [-0.2, -0.15) is 4.31 Å². The number of H-pyrrole nitrogens is 1. The van der Waals surface area contributed by atoms with E-state index >= 15 is 0 Å². The molecule has 0 saturated carbocycles. The van der Waals surface area contributed by atoms with Crippen molar-refractivity contribution in [2.75, 3.05) is 33.5 Å². The monoisotopic (exact) mass is 523 g/mol. The second-order valence-electron chi connectivity index (χ2n) is 9.69. The summed E-state index contributed by atoms with van der Waals surface area (Å²) in [4.78, 5) is 31.3. The topological polar surface area (TPSA) is 124 Å². The fraction of sp³-hybridized carbons (Fsp3) is 0.583. The smallest absolute Gasteiger partial charge is 0.248 e. The van der Waals surface area contributed by atoms with Crippen molar-refractivity contribution in [3.8, 4) is 0 Å². The fourth-order valence-corrected chi connectivity index (χ4v) is 6.64. The number of amides is 2. The maximum absolute atomic E-state index is 13.9. The number of aromatic nitrogens is 1. The van der Waals surface area contributed by atoms with Gasteiger partial charge in [0.15, 0.2) is 0 Å². The van der Waals surface area contributed by atoms with Crippen molar-refractivity contribution in [2.24, 2.45) is 0 Å². The molecule has 2 aromatic rings. The lowest BCUT2D eigenvalue weighted by atomic mass is 9.91. The number of halogens is 1. The Morgan fingerprint density at radius 2 is 2.00 bits per heavy atom. The number of nitrogens with one attached hydrogen (secondary N) is 3. The standard InChI is InChI=1S/C24H34FN5O5S/c1-13(26-3)23(31)28-21(14(2)35-4)24(32)29-9-8-20-22(29)18(12-30(20)36(5,33)34)17-11-27-19-10-15(25)6-7-16(17)19/h6-7,10-11,13-14,18,20-22,26-27H,8-9,12H2,1-5H3,(H,28,31)/t13-,14+,18+,20+,21-,22+/m0/s1. The molecule has 12 heteroatoms. The minimum Gasteiger partial charge on any atom is -0.379 e. The number of carbonyl (C=O) groups excluding carboxylic acids is 2. The molecule has 0 aliphatic carbocycles. The number of rotatable bonds is 8. The summed E-state index contributed by atoms with van der Waals surface area (Å²) in [5, 5.41) is 6.45. The number of carbonyl (C=O) groups is 2. The predicted octanol–water partition coefficient (Wildman–Crippen LogP) is 0.763. The molecule has 6 atom stereocenters.